The number of carbonyl (C=O) groups is 2. The molecule has 0 spiro atoms. The van der Waals surface area contributed by atoms with Crippen LogP contribution in [0.5, 0.6) is 0 Å². The zero-order valence-electron chi connectivity index (χ0n) is 26.8. The number of amides is 2. The van der Waals surface area contributed by atoms with Gasteiger partial charge in [0.15, 0.2) is 6.23 Å². The van der Waals surface area contributed by atoms with Crippen molar-refractivity contribution in [1.82, 2.24) is 20.1 Å². The molecule has 2 aliphatic heterocycles. The number of rotatable bonds is 8. The van der Waals surface area contributed by atoms with Crippen molar-refractivity contribution in [3.8, 4) is 11.3 Å². The van der Waals surface area contributed by atoms with Crippen molar-refractivity contribution < 1.29 is 38.4 Å². The molecule has 3 heterocycles. The van der Waals surface area contributed by atoms with Crippen molar-refractivity contribution in [2.24, 2.45) is 5.41 Å². The van der Waals surface area contributed by atoms with Crippen LogP contribution in [0.15, 0.2) is 42.5 Å². The Hall–Kier alpha value is -3.42. The Morgan fingerprint density at radius 2 is 1.72 bits per heavy atom. The van der Waals surface area contributed by atoms with E-state index in [-0.39, 0.29) is 24.5 Å². The minimum Gasteiger partial charge on any atom is -0.388 e. The molecule has 5 N–H and O–H groups in total. The largest absolute Gasteiger partial charge is 0.388 e. The van der Waals surface area contributed by atoms with Crippen molar-refractivity contribution in [2.45, 2.75) is 89.6 Å². The predicted octanol–water partition coefficient (Wildman–Crippen LogP) is 2.87. The number of nitrogens with one attached hydrogen (secondary N) is 2. The second-order valence-corrected chi connectivity index (χ2v) is 13.5. The number of benzene rings is 2. The minimum atomic E-state index is -1.56. The molecule has 46 heavy (non-hydrogen) atoms. The first-order valence-corrected chi connectivity index (χ1v) is 15.7. The summed E-state index contributed by atoms with van der Waals surface area (Å²) in [5.74, 6) is -1.48. The van der Waals surface area contributed by atoms with Crippen molar-refractivity contribution in [1.29, 1.82) is 0 Å². The molecule has 5 rings (SSSR count). The van der Waals surface area contributed by atoms with Crippen LogP contribution in [0.4, 0.5) is 8.78 Å². The van der Waals surface area contributed by atoms with Gasteiger partial charge in [-0.25, -0.2) is 8.78 Å². The summed E-state index contributed by atoms with van der Waals surface area (Å²) < 4.78 is 36.4. The predicted molar refractivity (Wildman–Crippen MR) is 169 cm³/mol. The maximum Gasteiger partial charge on any atom is 0.245 e. The monoisotopic (exact) mass is 642 g/mol. The number of likely N-dealkylation sites (N-methyl/N-ethyl adjacent to an activating group) is 1. The van der Waals surface area contributed by atoms with E-state index in [1.807, 2.05) is 20.8 Å². The average Bonchev–Trinajstić information content (AvgIpc) is 3.60. The summed E-state index contributed by atoms with van der Waals surface area (Å²) in [4.78, 5) is 28.9. The van der Waals surface area contributed by atoms with Crippen molar-refractivity contribution in [2.75, 3.05) is 20.2 Å². The summed E-state index contributed by atoms with van der Waals surface area (Å²) in [6.45, 7) is 7.65. The number of ether oxygens (including phenoxy) is 1. The van der Waals surface area contributed by atoms with Gasteiger partial charge in [0, 0.05) is 18.0 Å². The first-order chi connectivity index (χ1) is 21.7. The summed E-state index contributed by atoms with van der Waals surface area (Å²) >= 11 is 0. The Kier molecular flexibility index (Phi) is 9.86. The van der Waals surface area contributed by atoms with E-state index < -0.39 is 53.7 Å². The third-order valence-corrected chi connectivity index (χ3v) is 9.24. The molecule has 7 atom stereocenters. The van der Waals surface area contributed by atoms with Crippen LogP contribution in [-0.4, -0.2) is 93.2 Å². The molecule has 0 radical (unpaired) electrons. The fourth-order valence-electron chi connectivity index (χ4n) is 6.55. The van der Waals surface area contributed by atoms with E-state index in [0.717, 1.165) is 12.0 Å². The highest BCUT2D eigenvalue weighted by molar-refractivity contribution is 5.93. The van der Waals surface area contributed by atoms with E-state index in [4.69, 9.17) is 4.74 Å². The van der Waals surface area contributed by atoms with Gasteiger partial charge in [-0.2, -0.15) is 0 Å². The number of aromatic nitrogens is 1. The molecule has 2 amide bonds. The molecule has 0 saturated carbocycles. The number of carbonyl (C=O) groups excluding carboxylic acids is 2. The molecule has 10 nitrogen and oxygen atoms in total. The van der Waals surface area contributed by atoms with Gasteiger partial charge in [-0.3, -0.25) is 9.59 Å². The number of aliphatic hydroxyl groups excluding tert-OH is 3. The Morgan fingerprint density at radius 3 is 2.37 bits per heavy atom. The van der Waals surface area contributed by atoms with E-state index >= 15 is 0 Å². The Bertz CT molecular complexity index is 1570. The molecule has 12 heteroatoms. The third-order valence-electron chi connectivity index (χ3n) is 9.24. The maximum absolute atomic E-state index is 14.8. The van der Waals surface area contributed by atoms with Gasteiger partial charge in [0.05, 0.1) is 23.9 Å². The van der Waals surface area contributed by atoms with Gasteiger partial charge < -0.3 is 40.2 Å². The van der Waals surface area contributed by atoms with Crippen molar-refractivity contribution >= 4 is 22.7 Å². The number of hydrogen-bond donors (Lipinski definition) is 5. The Balaban J connectivity index is 1.61. The van der Waals surface area contributed by atoms with Crippen LogP contribution in [0.25, 0.3) is 22.2 Å². The molecule has 2 saturated heterocycles. The highest BCUT2D eigenvalue weighted by atomic mass is 19.1. The topological polar surface area (TPSA) is 136 Å². The van der Waals surface area contributed by atoms with Gasteiger partial charge in [-0.1, -0.05) is 20.8 Å². The quantitative estimate of drug-likeness (QED) is 0.255. The van der Waals surface area contributed by atoms with E-state index in [1.165, 1.54) is 24.3 Å². The summed E-state index contributed by atoms with van der Waals surface area (Å²) in [6, 6.07) is 8.44. The van der Waals surface area contributed by atoms with Crippen LogP contribution in [0, 0.1) is 17.0 Å². The normalized spacial score (nSPS) is 25.1. The molecule has 2 aliphatic rings. The lowest BCUT2D eigenvalue weighted by Crippen LogP contribution is -2.58. The first-order valence-electron chi connectivity index (χ1n) is 15.7. The molecule has 0 aliphatic carbocycles. The zero-order valence-corrected chi connectivity index (χ0v) is 26.8. The van der Waals surface area contributed by atoms with E-state index in [0.29, 0.717) is 41.5 Å². The molecule has 2 fully saturated rings. The van der Waals surface area contributed by atoms with E-state index in [2.05, 4.69) is 10.6 Å². The molecule has 250 valence electrons. The number of nitrogens with zero attached hydrogens (tertiary/aromatic N) is 2. The SMILES string of the molecule is CN[C@@H](C)C(=O)N[C@H](C(=O)N1CCCC1Cc1c(-c2ccc(F)cc2)n([C@@H]2OC[C@@H](O)[C@H](O)[C@H]2O)c2cc(F)ccc12)C(C)(C)C. The van der Waals surface area contributed by atoms with Crippen molar-refractivity contribution in [3.63, 3.8) is 0 Å². The second kappa shape index (κ2) is 13.4. The minimum absolute atomic E-state index is 0.201. The van der Waals surface area contributed by atoms with Gasteiger partial charge in [0.1, 0.15) is 36.0 Å². The van der Waals surface area contributed by atoms with Gasteiger partial charge in [-0.05, 0) is 92.2 Å². The highest BCUT2D eigenvalue weighted by Crippen LogP contribution is 2.41. The molecule has 2 aromatic carbocycles. The van der Waals surface area contributed by atoms with Crippen LogP contribution < -0.4 is 10.6 Å². The lowest BCUT2D eigenvalue weighted by atomic mass is 9.85. The smallest absolute Gasteiger partial charge is 0.245 e. The van der Waals surface area contributed by atoms with Gasteiger partial charge in [0.25, 0.3) is 0 Å². The van der Waals surface area contributed by atoms with Gasteiger partial charge >= 0.3 is 0 Å². The number of likely N-dealkylation sites (tertiary alicyclic amines) is 1. The summed E-state index contributed by atoms with van der Waals surface area (Å²) in [5.41, 5.74) is 1.58. The highest BCUT2D eigenvalue weighted by Gasteiger charge is 2.43. The number of halogens is 2. The van der Waals surface area contributed by atoms with Crippen molar-refractivity contribution in [3.05, 3.63) is 59.7 Å². The fraction of sp³-hybridized carbons (Fsp3) is 0.529. The molecule has 0 bridgehead atoms. The van der Waals surface area contributed by atoms with E-state index in [1.54, 1.807) is 41.6 Å². The Morgan fingerprint density at radius 1 is 1.04 bits per heavy atom. The average molecular weight is 643 g/mol. The van der Waals surface area contributed by atoms with Gasteiger partial charge in [-0.15, -0.1) is 0 Å². The molecule has 1 aromatic heterocycles. The fourth-order valence-corrected chi connectivity index (χ4v) is 6.55. The number of hydrogen-bond acceptors (Lipinski definition) is 7. The second-order valence-electron chi connectivity index (χ2n) is 13.5. The molecule has 3 aromatic rings. The van der Waals surface area contributed by atoms with Gasteiger partial charge in [0.2, 0.25) is 11.8 Å². The Labute approximate surface area is 267 Å². The maximum atomic E-state index is 14.8. The van der Waals surface area contributed by atoms with Crippen LogP contribution in [0.3, 0.4) is 0 Å². The number of fused-ring (bicyclic) bond motifs is 1. The lowest BCUT2D eigenvalue weighted by Gasteiger charge is -2.37. The van der Waals surface area contributed by atoms with Crippen LogP contribution >= 0.6 is 0 Å². The standard InChI is InChI=1S/C34H44F2N4O6/c1-18(37-5)31(44)38-30(34(2,3)4)32(45)39-14-6-7-22(39)16-24-23-13-12-21(36)15-25(23)40(27(24)19-8-10-20(35)11-9-19)33-29(43)28(42)26(41)17-46-33/h8-13,15,18,22,26,28-30,33,37,41-43H,6-7,14,16-17H2,1-5H3,(H,38,44)/t18-,22?,26+,28-,29+,30+,33+/m0/s1. The third kappa shape index (κ3) is 6.54. The first kappa shape index (κ1) is 33.9. The van der Waals surface area contributed by atoms with Crippen LogP contribution in [-0.2, 0) is 20.7 Å². The summed E-state index contributed by atoms with van der Waals surface area (Å²) in [5, 5.41) is 38.3. The molecule has 1 unspecified atom stereocenters. The zero-order chi connectivity index (χ0) is 33.5. The molecular weight excluding hydrogens is 598 g/mol. The lowest BCUT2D eigenvalue weighted by molar-refractivity contribution is -0.209. The van der Waals surface area contributed by atoms with E-state index in [9.17, 15) is 33.7 Å². The van der Waals surface area contributed by atoms with Crippen LogP contribution in [0.2, 0.25) is 0 Å². The van der Waals surface area contributed by atoms with Crippen LogP contribution in [0.1, 0.15) is 52.3 Å². The summed E-state index contributed by atoms with van der Waals surface area (Å²) in [6.07, 6.45) is -3.85. The molecular formula is C34H44F2N4O6. The summed E-state index contributed by atoms with van der Waals surface area (Å²) in [7, 11) is 1.68. The number of aliphatic hydroxyl groups is 3.